The third kappa shape index (κ3) is 4.53. The topological polar surface area (TPSA) is 60.9 Å². The van der Waals surface area contributed by atoms with Gasteiger partial charge in [0.15, 0.2) is 0 Å². The summed E-state index contributed by atoms with van der Waals surface area (Å²) in [4.78, 5) is 17.0. The number of sulfonamides is 1. The van der Waals surface area contributed by atoms with Crippen molar-refractivity contribution in [2.45, 2.75) is 11.8 Å². The molecule has 32 heavy (non-hydrogen) atoms. The maximum atomic E-state index is 13.1. The summed E-state index contributed by atoms with van der Waals surface area (Å²) in [5.41, 5.74) is 0.883. The molecule has 0 unspecified atom stereocenters. The van der Waals surface area contributed by atoms with Crippen molar-refractivity contribution in [1.29, 1.82) is 0 Å². The van der Waals surface area contributed by atoms with E-state index in [2.05, 4.69) is 0 Å². The molecular weight excluding hydrogens is 429 g/mol. The normalized spacial score (nSPS) is 15.7. The van der Waals surface area contributed by atoms with E-state index in [0.717, 1.165) is 28.6 Å². The van der Waals surface area contributed by atoms with E-state index in [1.165, 1.54) is 16.4 Å². The highest BCUT2D eigenvalue weighted by Crippen LogP contribution is 2.27. The van der Waals surface area contributed by atoms with E-state index < -0.39 is 15.8 Å². The predicted molar refractivity (Wildman–Crippen MR) is 124 cm³/mol. The Bertz CT molecular complexity index is 1200. The standard InChI is InChI=1S/C24H26FN3O3S/c1-2-28(23-9-5-7-19-6-3-4-8-22(19)23)24(29)18-26-14-16-27(17-15-26)32(30,31)21-12-10-20(25)11-13-21/h3-13H,2,14-18H2,1H3. The van der Waals surface area contributed by atoms with Crippen LogP contribution >= 0.6 is 0 Å². The van der Waals surface area contributed by atoms with Gasteiger partial charge in [0.05, 0.1) is 17.1 Å². The molecule has 1 fully saturated rings. The molecule has 0 radical (unpaired) electrons. The minimum Gasteiger partial charge on any atom is -0.311 e. The van der Waals surface area contributed by atoms with Crippen LogP contribution in [0.5, 0.6) is 0 Å². The summed E-state index contributed by atoms with van der Waals surface area (Å²) >= 11 is 0. The van der Waals surface area contributed by atoms with E-state index in [0.29, 0.717) is 19.6 Å². The van der Waals surface area contributed by atoms with Crippen LogP contribution in [0.3, 0.4) is 0 Å². The smallest absolute Gasteiger partial charge is 0.243 e. The van der Waals surface area contributed by atoms with Crippen molar-refractivity contribution >= 4 is 32.4 Å². The van der Waals surface area contributed by atoms with Gasteiger partial charge in [-0.3, -0.25) is 9.69 Å². The van der Waals surface area contributed by atoms with Gasteiger partial charge in [0.1, 0.15) is 5.82 Å². The lowest BCUT2D eigenvalue weighted by Gasteiger charge is -2.34. The molecule has 3 aromatic rings. The number of hydrogen-bond donors (Lipinski definition) is 0. The second-order valence-corrected chi connectivity index (χ2v) is 9.71. The molecule has 1 amide bonds. The van der Waals surface area contributed by atoms with Crippen LogP contribution in [0.4, 0.5) is 10.1 Å². The highest BCUT2D eigenvalue weighted by atomic mass is 32.2. The maximum Gasteiger partial charge on any atom is 0.243 e. The summed E-state index contributed by atoms with van der Waals surface area (Å²) in [6, 6.07) is 18.8. The molecule has 4 rings (SSSR count). The maximum absolute atomic E-state index is 13.1. The minimum atomic E-state index is -3.67. The lowest BCUT2D eigenvalue weighted by Crippen LogP contribution is -2.51. The largest absolute Gasteiger partial charge is 0.311 e. The van der Waals surface area contributed by atoms with Crippen molar-refractivity contribution in [2.75, 3.05) is 44.2 Å². The molecule has 0 atom stereocenters. The Hall–Kier alpha value is -2.81. The zero-order valence-electron chi connectivity index (χ0n) is 17.9. The van der Waals surface area contributed by atoms with Crippen LogP contribution in [0.25, 0.3) is 10.8 Å². The number of likely N-dealkylation sites (N-methyl/N-ethyl adjacent to an activating group) is 1. The van der Waals surface area contributed by atoms with Crippen molar-refractivity contribution < 1.29 is 17.6 Å². The number of amides is 1. The van der Waals surface area contributed by atoms with Crippen LogP contribution in [-0.4, -0.2) is 62.8 Å². The van der Waals surface area contributed by atoms with Crippen LogP contribution < -0.4 is 4.90 Å². The molecular formula is C24H26FN3O3S. The van der Waals surface area contributed by atoms with Crippen molar-refractivity contribution in [3.8, 4) is 0 Å². The fourth-order valence-electron chi connectivity index (χ4n) is 4.08. The van der Waals surface area contributed by atoms with Gasteiger partial charge in [-0.2, -0.15) is 4.31 Å². The first-order valence-electron chi connectivity index (χ1n) is 10.7. The van der Waals surface area contributed by atoms with E-state index in [9.17, 15) is 17.6 Å². The van der Waals surface area contributed by atoms with Crippen molar-refractivity contribution in [1.82, 2.24) is 9.21 Å². The second-order valence-electron chi connectivity index (χ2n) is 7.77. The average molecular weight is 456 g/mol. The van der Waals surface area contributed by atoms with Gasteiger partial charge in [-0.1, -0.05) is 36.4 Å². The van der Waals surface area contributed by atoms with Gasteiger partial charge in [0.25, 0.3) is 0 Å². The number of anilines is 1. The number of rotatable bonds is 6. The molecule has 1 aliphatic heterocycles. The lowest BCUT2D eigenvalue weighted by atomic mass is 10.1. The molecule has 0 N–H and O–H groups in total. The Kier molecular flexibility index (Phi) is 6.55. The number of hydrogen-bond acceptors (Lipinski definition) is 4. The van der Waals surface area contributed by atoms with Crippen LogP contribution in [0, 0.1) is 5.82 Å². The first kappa shape index (κ1) is 22.4. The molecule has 0 spiro atoms. The summed E-state index contributed by atoms with van der Waals surface area (Å²) in [6.07, 6.45) is 0. The lowest BCUT2D eigenvalue weighted by molar-refractivity contribution is -0.120. The molecule has 1 aliphatic rings. The van der Waals surface area contributed by atoms with E-state index in [1.54, 1.807) is 4.90 Å². The fraction of sp³-hybridized carbons (Fsp3) is 0.292. The Morgan fingerprint density at radius 2 is 1.59 bits per heavy atom. The van der Waals surface area contributed by atoms with Gasteiger partial charge < -0.3 is 4.90 Å². The van der Waals surface area contributed by atoms with E-state index in [4.69, 9.17) is 0 Å². The van der Waals surface area contributed by atoms with Gasteiger partial charge in [-0.15, -0.1) is 0 Å². The fourth-order valence-corrected chi connectivity index (χ4v) is 5.51. The Morgan fingerprint density at radius 1 is 0.938 bits per heavy atom. The van der Waals surface area contributed by atoms with Crippen LogP contribution in [0.15, 0.2) is 71.6 Å². The zero-order valence-corrected chi connectivity index (χ0v) is 18.8. The third-order valence-corrected chi connectivity index (χ3v) is 7.73. The van der Waals surface area contributed by atoms with Crippen molar-refractivity contribution in [3.05, 3.63) is 72.5 Å². The number of benzene rings is 3. The van der Waals surface area contributed by atoms with Gasteiger partial charge >= 0.3 is 0 Å². The van der Waals surface area contributed by atoms with Crippen molar-refractivity contribution in [3.63, 3.8) is 0 Å². The summed E-state index contributed by atoms with van der Waals surface area (Å²) in [6.45, 7) is 4.21. The SMILES string of the molecule is CCN(C(=O)CN1CCN(S(=O)(=O)c2ccc(F)cc2)CC1)c1cccc2ccccc12. The highest BCUT2D eigenvalue weighted by molar-refractivity contribution is 7.89. The van der Waals surface area contributed by atoms with Crippen LogP contribution in [0.2, 0.25) is 0 Å². The van der Waals surface area contributed by atoms with Gasteiger partial charge in [0, 0.05) is 38.1 Å². The Morgan fingerprint density at radius 3 is 2.28 bits per heavy atom. The van der Waals surface area contributed by atoms with E-state index in [-0.39, 0.29) is 30.4 Å². The Labute approximate surface area is 187 Å². The number of fused-ring (bicyclic) bond motifs is 1. The number of nitrogens with zero attached hydrogens (tertiary/aromatic N) is 3. The van der Waals surface area contributed by atoms with Gasteiger partial charge in [0.2, 0.25) is 15.9 Å². The Balaban J connectivity index is 1.42. The van der Waals surface area contributed by atoms with E-state index >= 15 is 0 Å². The third-order valence-electron chi connectivity index (χ3n) is 5.82. The molecule has 168 valence electrons. The molecule has 6 nitrogen and oxygen atoms in total. The molecule has 1 heterocycles. The quantitative estimate of drug-likeness (QED) is 0.572. The summed E-state index contributed by atoms with van der Waals surface area (Å²) in [5, 5.41) is 2.11. The second kappa shape index (κ2) is 9.36. The summed E-state index contributed by atoms with van der Waals surface area (Å²) < 4.78 is 40.1. The predicted octanol–water partition coefficient (Wildman–Crippen LogP) is 3.34. The molecule has 0 aromatic heterocycles. The van der Waals surface area contributed by atoms with Gasteiger partial charge in [-0.05, 0) is 42.6 Å². The number of piperazine rings is 1. The number of carbonyl (C=O) groups excluding carboxylic acids is 1. The summed E-state index contributed by atoms with van der Waals surface area (Å²) in [5.74, 6) is -0.488. The minimum absolute atomic E-state index is 0.0151. The first-order valence-corrected chi connectivity index (χ1v) is 12.1. The molecule has 0 saturated carbocycles. The summed E-state index contributed by atoms with van der Waals surface area (Å²) in [7, 11) is -3.67. The average Bonchev–Trinajstić information content (AvgIpc) is 2.80. The molecule has 1 saturated heterocycles. The monoisotopic (exact) mass is 455 g/mol. The molecule has 0 aliphatic carbocycles. The highest BCUT2D eigenvalue weighted by Gasteiger charge is 2.30. The molecule has 8 heteroatoms. The first-order chi connectivity index (χ1) is 15.4. The molecule has 3 aromatic carbocycles. The zero-order chi connectivity index (χ0) is 22.7. The molecule has 0 bridgehead atoms. The van der Waals surface area contributed by atoms with Crippen molar-refractivity contribution in [2.24, 2.45) is 0 Å². The van der Waals surface area contributed by atoms with Crippen LogP contribution in [0.1, 0.15) is 6.92 Å². The number of halogens is 1. The number of carbonyl (C=O) groups is 1. The van der Waals surface area contributed by atoms with Crippen LogP contribution in [-0.2, 0) is 14.8 Å². The van der Waals surface area contributed by atoms with Gasteiger partial charge in [-0.25, -0.2) is 12.8 Å². The van der Waals surface area contributed by atoms with E-state index in [1.807, 2.05) is 54.3 Å².